The fourth-order valence-corrected chi connectivity index (χ4v) is 0.516. The van der Waals surface area contributed by atoms with Crippen LogP contribution in [0, 0.1) is 0 Å². The van der Waals surface area contributed by atoms with Crippen molar-refractivity contribution in [2.24, 2.45) is 0 Å². The van der Waals surface area contributed by atoms with Gasteiger partial charge in [-0.1, -0.05) is 0 Å². The molecule has 0 radical (unpaired) electrons. The van der Waals surface area contributed by atoms with Gasteiger partial charge in [-0.15, -0.1) is 0 Å². The van der Waals surface area contributed by atoms with Crippen LogP contribution in [0.4, 0.5) is 13.2 Å². The number of ether oxygens (including phenoxy) is 1. The van der Waals surface area contributed by atoms with E-state index in [0.717, 1.165) is 6.20 Å². The second-order valence-electron chi connectivity index (χ2n) is 1.95. The molecule has 66 valence electrons. The molecule has 0 aliphatic carbocycles. The monoisotopic (exact) mass is 178 g/mol. The van der Waals surface area contributed by atoms with E-state index < -0.39 is 12.8 Å². The fraction of sp³-hybridized carbons (Fsp3) is 0.333. The number of rotatable bonds is 2. The van der Waals surface area contributed by atoms with Crippen LogP contribution in [0.3, 0.4) is 0 Å². The van der Waals surface area contributed by atoms with Gasteiger partial charge in [-0.25, -0.2) is 4.98 Å². The maximum atomic E-state index is 11.6. The zero-order valence-electron chi connectivity index (χ0n) is 5.88. The number of hydrogen-bond donors (Lipinski definition) is 0. The Balaban J connectivity index is 2.44. The summed E-state index contributed by atoms with van der Waals surface area (Å²) < 4.78 is 39.0. The summed E-state index contributed by atoms with van der Waals surface area (Å²) >= 11 is 0. The molecule has 6 heteroatoms. The largest absolute Gasteiger partial charge is 0.467 e. The minimum Gasteiger partial charge on any atom is -0.467 e. The molecule has 0 unspecified atom stereocenters. The van der Waals surface area contributed by atoms with Crippen LogP contribution in [0.15, 0.2) is 18.6 Å². The van der Waals surface area contributed by atoms with Crippen molar-refractivity contribution >= 4 is 0 Å². The summed E-state index contributed by atoms with van der Waals surface area (Å²) in [5.74, 6) is -0.130. The van der Waals surface area contributed by atoms with E-state index in [0.29, 0.717) is 0 Å². The van der Waals surface area contributed by atoms with Crippen LogP contribution < -0.4 is 4.74 Å². The van der Waals surface area contributed by atoms with Gasteiger partial charge in [-0.05, 0) is 0 Å². The Labute approximate surface area is 66.2 Å². The Morgan fingerprint density at radius 2 is 2.08 bits per heavy atom. The molecule has 0 aromatic carbocycles. The summed E-state index contributed by atoms with van der Waals surface area (Å²) in [5.41, 5.74) is 0. The van der Waals surface area contributed by atoms with Crippen molar-refractivity contribution in [3.05, 3.63) is 18.6 Å². The fourth-order valence-electron chi connectivity index (χ4n) is 0.516. The molecule has 0 aliphatic rings. The van der Waals surface area contributed by atoms with E-state index >= 15 is 0 Å². The molecule has 0 amide bonds. The molecule has 3 nitrogen and oxygen atoms in total. The van der Waals surface area contributed by atoms with E-state index in [4.69, 9.17) is 0 Å². The molecule has 0 saturated heterocycles. The normalized spacial score (nSPS) is 11.2. The van der Waals surface area contributed by atoms with E-state index in [1.54, 1.807) is 0 Å². The maximum Gasteiger partial charge on any atom is 0.422 e. The zero-order chi connectivity index (χ0) is 9.03. The van der Waals surface area contributed by atoms with Crippen molar-refractivity contribution in [3.63, 3.8) is 0 Å². The number of nitrogens with zero attached hydrogens (tertiary/aromatic N) is 2. The Hall–Kier alpha value is -1.33. The van der Waals surface area contributed by atoms with E-state index in [1.165, 1.54) is 12.4 Å². The third-order valence-electron chi connectivity index (χ3n) is 0.923. The van der Waals surface area contributed by atoms with Crippen LogP contribution in [0.25, 0.3) is 0 Å². The molecule has 0 bridgehead atoms. The highest BCUT2D eigenvalue weighted by Crippen LogP contribution is 2.15. The lowest BCUT2D eigenvalue weighted by Crippen LogP contribution is -2.19. The molecule has 1 heterocycles. The van der Waals surface area contributed by atoms with Gasteiger partial charge in [0.05, 0.1) is 6.20 Å². The Kier molecular flexibility index (Phi) is 2.47. The van der Waals surface area contributed by atoms with Crippen molar-refractivity contribution in [2.45, 2.75) is 6.18 Å². The van der Waals surface area contributed by atoms with Crippen LogP contribution >= 0.6 is 0 Å². The lowest BCUT2D eigenvalue weighted by atomic mass is 10.7. The maximum absolute atomic E-state index is 11.6. The molecule has 0 fully saturated rings. The first kappa shape index (κ1) is 8.76. The van der Waals surface area contributed by atoms with Crippen molar-refractivity contribution in [1.82, 2.24) is 9.97 Å². The van der Waals surface area contributed by atoms with Crippen LogP contribution in [-0.4, -0.2) is 22.8 Å². The molecular formula is C6H5F3N2O. The first-order valence-corrected chi connectivity index (χ1v) is 3.03. The summed E-state index contributed by atoms with van der Waals surface area (Å²) in [5, 5.41) is 0. The summed E-state index contributed by atoms with van der Waals surface area (Å²) in [6.45, 7) is -1.34. The van der Waals surface area contributed by atoms with Gasteiger partial charge in [0.2, 0.25) is 5.88 Å². The standard InChI is InChI=1S/C6H5F3N2O/c7-6(8,9)4-12-5-3-10-1-2-11-5/h1-3H,4H2. The Bertz CT molecular complexity index is 236. The average Bonchev–Trinajstić information content (AvgIpc) is 2.02. The van der Waals surface area contributed by atoms with Crippen LogP contribution in [-0.2, 0) is 0 Å². The van der Waals surface area contributed by atoms with Crippen LogP contribution in [0.2, 0.25) is 0 Å². The van der Waals surface area contributed by atoms with Gasteiger partial charge in [0.25, 0.3) is 0 Å². The van der Waals surface area contributed by atoms with Crippen molar-refractivity contribution in [1.29, 1.82) is 0 Å². The van der Waals surface area contributed by atoms with Crippen LogP contribution in [0.5, 0.6) is 5.88 Å². The van der Waals surface area contributed by atoms with E-state index in [2.05, 4.69) is 14.7 Å². The summed E-state index contributed by atoms with van der Waals surface area (Å²) in [7, 11) is 0. The van der Waals surface area contributed by atoms with Gasteiger partial charge in [-0.2, -0.15) is 13.2 Å². The molecule has 1 rings (SSSR count). The van der Waals surface area contributed by atoms with Gasteiger partial charge < -0.3 is 4.74 Å². The van der Waals surface area contributed by atoms with Gasteiger partial charge in [0, 0.05) is 12.4 Å². The SMILES string of the molecule is FC(F)(F)COc1cnccn1. The highest BCUT2D eigenvalue weighted by Gasteiger charge is 2.28. The number of halogens is 3. The molecule has 12 heavy (non-hydrogen) atoms. The second kappa shape index (κ2) is 3.38. The summed E-state index contributed by atoms with van der Waals surface area (Å²) in [6, 6.07) is 0. The minimum absolute atomic E-state index is 0.130. The predicted octanol–water partition coefficient (Wildman–Crippen LogP) is 1.42. The molecule has 0 spiro atoms. The topological polar surface area (TPSA) is 35.0 Å². The molecule has 0 N–H and O–H groups in total. The van der Waals surface area contributed by atoms with Gasteiger partial charge in [0.1, 0.15) is 0 Å². The van der Waals surface area contributed by atoms with Gasteiger partial charge >= 0.3 is 6.18 Å². The average molecular weight is 178 g/mol. The molecule has 0 atom stereocenters. The highest BCUT2D eigenvalue weighted by molar-refractivity contribution is 5.01. The molecule has 0 saturated carbocycles. The Morgan fingerprint density at radius 1 is 1.33 bits per heavy atom. The first-order valence-electron chi connectivity index (χ1n) is 3.03. The lowest BCUT2D eigenvalue weighted by Gasteiger charge is -2.06. The first-order chi connectivity index (χ1) is 5.58. The number of hydrogen-bond acceptors (Lipinski definition) is 3. The van der Waals surface area contributed by atoms with Gasteiger partial charge in [0.15, 0.2) is 6.61 Å². The van der Waals surface area contributed by atoms with E-state index in [1.807, 2.05) is 0 Å². The lowest BCUT2D eigenvalue weighted by molar-refractivity contribution is -0.154. The van der Waals surface area contributed by atoms with Gasteiger partial charge in [-0.3, -0.25) is 4.98 Å². The van der Waals surface area contributed by atoms with Crippen molar-refractivity contribution in [2.75, 3.05) is 6.61 Å². The molecule has 1 aromatic heterocycles. The van der Waals surface area contributed by atoms with Crippen molar-refractivity contribution in [3.8, 4) is 5.88 Å². The summed E-state index contributed by atoms with van der Waals surface area (Å²) in [4.78, 5) is 7.03. The third kappa shape index (κ3) is 3.18. The predicted molar refractivity (Wildman–Crippen MR) is 33.6 cm³/mol. The smallest absolute Gasteiger partial charge is 0.422 e. The molecule has 1 aromatic rings. The zero-order valence-corrected chi connectivity index (χ0v) is 5.88. The highest BCUT2D eigenvalue weighted by atomic mass is 19.4. The summed E-state index contributed by atoms with van der Waals surface area (Å²) in [6.07, 6.45) is -0.616. The number of alkyl halides is 3. The molecule has 0 aliphatic heterocycles. The minimum atomic E-state index is -4.34. The quantitative estimate of drug-likeness (QED) is 0.686. The second-order valence-corrected chi connectivity index (χ2v) is 1.95. The Morgan fingerprint density at radius 3 is 2.58 bits per heavy atom. The van der Waals surface area contributed by atoms with E-state index in [-0.39, 0.29) is 5.88 Å². The van der Waals surface area contributed by atoms with Crippen LogP contribution in [0.1, 0.15) is 0 Å². The van der Waals surface area contributed by atoms with E-state index in [9.17, 15) is 13.2 Å². The van der Waals surface area contributed by atoms with Crippen molar-refractivity contribution < 1.29 is 17.9 Å². The number of aromatic nitrogens is 2. The molecular weight excluding hydrogens is 173 g/mol. The third-order valence-corrected chi connectivity index (χ3v) is 0.923.